The number of benzene rings is 2. The average Bonchev–Trinajstić information content (AvgIpc) is 2.54. The van der Waals surface area contributed by atoms with Gasteiger partial charge >= 0.3 is 11.8 Å². The number of hydrogen-bond donors (Lipinski definition) is 3. The highest BCUT2D eigenvalue weighted by Crippen LogP contribution is 2.31. The molecule has 0 aromatic heterocycles. The fraction of sp³-hybridized carbons (Fsp3) is 0.176. The Morgan fingerprint density at radius 2 is 1.67 bits per heavy atom. The van der Waals surface area contributed by atoms with Gasteiger partial charge in [-0.1, -0.05) is 17.7 Å². The van der Waals surface area contributed by atoms with Crippen LogP contribution in [0.2, 0.25) is 5.02 Å². The summed E-state index contributed by atoms with van der Waals surface area (Å²) >= 11 is 6.00. The molecule has 2 aromatic carbocycles. The van der Waals surface area contributed by atoms with Crippen LogP contribution in [0, 0.1) is 13.8 Å². The zero-order chi connectivity index (χ0) is 17.9. The van der Waals surface area contributed by atoms with Crippen LogP contribution >= 0.6 is 11.6 Å². The number of rotatable bonds is 3. The molecule has 0 atom stereocenters. The first-order valence-corrected chi connectivity index (χ1v) is 7.45. The van der Waals surface area contributed by atoms with Crippen molar-refractivity contribution in [2.45, 2.75) is 13.8 Å². The lowest BCUT2D eigenvalue weighted by Gasteiger charge is -2.12. The number of nitrogens with one attached hydrogen (secondary N) is 2. The molecule has 24 heavy (non-hydrogen) atoms. The highest BCUT2D eigenvalue weighted by Gasteiger charge is 2.18. The van der Waals surface area contributed by atoms with Gasteiger partial charge in [-0.05, 0) is 43.2 Å². The number of ether oxygens (including phenoxy) is 1. The molecule has 7 heteroatoms. The van der Waals surface area contributed by atoms with Gasteiger partial charge in [-0.3, -0.25) is 9.59 Å². The normalized spacial score (nSPS) is 10.2. The summed E-state index contributed by atoms with van der Waals surface area (Å²) in [4.78, 5) is 24.1. The summed E-state index contributed by atoms with van der Waals surface area (Å²) in [6.45, 7) is 3.57. The van der Waals surface area contributed by atoms with Gasteiger partial charge in [-0.2, -0.15) is 0 Å². The summed E-state index contributed by atoms with van der Waals surface area (Å²) in [5, 5.41) is 15.0. The molecule has 0 spiro atoms. The Morgan fingerprint density at radius 1 is 1.04 bits per heavy atom. The number of phenolic OH excluding ortho intramolecular Hbond substituents is 1. The Balaban J connectivity index is 2.16. The molecule has 3 N–H and O–H groups in total. The minimum absolute atomic E-state index is 0.123. The first-order valence-electron chi connectivity index (χ1n) is 7.08. The van der Waals surface area contributed by atoms with Crippen molar-refractivity contribution in [3.63, 3.8) is 0 Å². The van der Waals surface area contributed by atoms with Crippen LogP contribution < -0.4 is 15.4 Å². The van der Waals surface area contributed by atoms with Crippen LogP contribution in [0.4, 0.5) is 11.4 Å². The number of aromatic hydroxyl groups is 1. The molecule has 0 unspecified atom stereocenters. The van der Waals surface area contributed by atoms with Crippen molar-refractivity contribution in [2.75, 3.05) is 17.7 Å². The summed E-state index contributed by atoms with van der Waals surface area (Å²) in [6.07, 6.45) is 0. The second-order valence-electron chi connectivity index (χ2n) is 5.23. The number of aryl methyl sites for hydroxylation is 2. The Kier molecular flexibility index (Phi) is 5.31. The average molecular weight is 349 g/mol. The van der Waals surface area contributed by atoms with E-state index in [4.69, 9.17) is 16.3 Å². The van der Waals surface area contributed by atoms with Gasteiger partial charge < -0.3 is 20.5 Å². The van der Waals surface area contributed by atoms with Gasteiger partial charge in [0.05, 0.1) is 18.5 Å². The van der Waals surface area contributed by atoms with Gasteiger partial charge in [0.25, 0.3) is 0 Å². The van der Waals surface area contributed by atoms with Gasteiger partial charge in [0.2, 0.25) is 0 Å². The zero-order valence-electron chi connectivity index (χ0n) is 13.4. The summed E-state index contributed by atoms with van der Waals surface area (Å²) in [5.74, 6) is -1.59. The van der Waals surface area contributed by atoms with E-state index < -0.39 is 11.8 Å². The number of amides is 2. The van der Waals surface area contributed by atoms with Crippen LogP contribution in [0.25, 0.3) is 0 Å². The topological polar surface area (TPSA) is 87.7 Å². The van der Waals surface area contributed by atoms with Crippen LogP contribution in [0.15, 0.2) is 30.3 Å². The molecular formula is C17H17ClN2O4. The molecule has 0 saturated heterocycles. The highest BCUT2D eigenvalue weighted by molar-refractivity contribution is 6.44. The molecule has 126 valence electrons. The summed E-state index contributed by atoms with van der Waals surface area (Å²) in [5.41, 5.74) is 2.05. The number of carbonyl (C=O) groups is 2. The molecule has 2 amide bonds. The molecule has 0 aliphatic heterocycles. The molecule has 0 bridgehead atoms. The Hall–Kier alpha value is -2.73. The minimum atomic E-state index is -0.912. The lowest BCUT2D eigenvalue weighted by atomic mass is 10.2. The quantitative estimate of drug-likeness (QED) is 0.587. The van der Waals surface area contributed by atoms with Crippen molar-refractivity contribution in [3.05, 3.63) is 46.5 Å². The summed E-state index contributed by atoms with van der Waals surface area (Å²) in [6, 6.07) is 7.85. The van der Waals surface area contributed by atoms with Crippen LogP contribution in [0.3, 0.4) is 0 Å². The van der Waals surface area contributed by atoms with Crippen molar-refractivity contribution < 1.29 is 19.4 Å². The predicted molar refractivity (Wildman–Crippen MR) is 92.8 cm³/mol. The van der Waals surface area contributed by atoms with Gasteiger partial charge in [-0.25, -0.2) is 0 Å². The van der Waals surface area contributed by atoms with Crippen LogP contribution in [0.1, 0.15) is 11.1 Å². The molecule has 0 radical (unpaired) electrons. The van der Waals surface area contributed by atoms with E-state index in [0.717, 1.165) is 11.1 Å². The number of methoxy groups -OCH3 is 1. The van der Waals surface area contributed by atoms with Crippen molar-refractivity contribution in [2.24, 2.45) is 0 Å². The fourth-order valence-corrected chi connectivity index (χ4v) is 2.19. The second kappa shape index (κ2) is 7.23. The first-order chi connectivity index (χ1) is 11.3. The van der Waals surface area contributed by atoms with Gasteiger partial charge in [0.1, 0.15) is 11.5 Å². The van der Waals surface area contributed by atoms with Crippen LogP contribution in [0.5, 0.6) is 11.5 Å². The van der Waals surface area contributed by atoms with E-state index in [1.54, 1.807) is 38.1 Å². The third kappa shape index (κ3) is 3.97. The third-order valence-corrected chi connectivity index (χ3v) is 3.74. The third-order valence-electron chi connectivity index (χ3n) is 3.34. The Morgan fingerprint density at radius 3 is 2.29 bits per heavy atom. The van der Waals surface area contributed by atoms with Crippen molar-refractivity contribution >= 4 is 34.8 Å². The molecule has 2 aromatic rings. The Bertz CT molecular complexity index is 805. The molecule has 0 heterocycles. The molecule has 6 nitrogen and oxygen atoms in total. The van der Waals surface area contributed by atoms with E-state index in [9.17, 15) is 14.7 Å². The largest absolute Gasteiger partial charge is 0.506 e. The molecule has 0 aliphatic rings. The number of phenols is 1. The number of carbonyl (C=O) groups excluding carboxylic acids is 2. The molecular weight excluding hydrogens is 332 g/mol. The summed E-state index contributed by atoms with van der Waals surface area (Å²) in [7, 11) is 1.43. The molecule has 0 saturated carbocycles. The van der Waals surface area contributed by atoms with E-state index in [1.807, 2.05) is 0 Å². The van der Waals surface area contributed by atoms with Gasteiger partial charge in [-0.15, -0.1) is 0 Å². The van der Waals surface area contributed by atoms with E-state index in [1.165, 1.54) is 13.2 Å². The number of halogens is 1. The standard InChI is InChI=1S/C17H17ClN2O4/c1-9-4-5-14(21)12(6-9)19-16(22)17(23)20-13-7-10(2)11(18)8-15(13)24-3/h4-8,21H,1-3H3,(H,19,22)(H,20,23). The maximum atomic E-state index is 12.1. The van der Waals surface area contributed by atoms with Crippen LogP contribution in [-0.2, 0) is 9.59 Å². The smallest absolute Gasteiger partial charge is 0.314 e. The number of hydrogen-bond acceptors (Lipinski definition) is 4. The van der Waals surface area contributed by atoms with Gasteiger partial charge in [0, 0.05) is 11.1 Å². The maximum Gasteiger partial charge on any atom is 0.314 e. The monoisotopic (exact) mass is 348 g/mol. The Labute approximate surface area is 144 Å². The lowest BCUT2D eigenvalue weighted by Crippen LogP contribution is -2.29. The summed E-state index contributed by atoms with van der Waals surface area (Å²) < 4.78 is 5.14. The van der Waals surface area contributed by atoms with Crippen molar-refractivity contribution in [1.29, 1.82) is 0 Å². The van der Waals surface area contributed by atoms with E-state index in [-0.39, 0.29) is 11.4 Å². The first kappa shape index (κ1) is 17.6. The fourth-order valence-electron chi connectivity index (χ4n) is 2.04. The predicted octanol–water partition coefficient (Wildman–Crippen LogP) is 3.25. The van der Waals surface area contributed by atoms with Crippen molar-refractivity contribution in [1.82, 2.24) is 0 Å². The van der Waals surface area contributed by atoms with Crippen molar-refractivity contribution in [3.8, 4) is 11.5 Å². The molecule has 0 aliphatic carbocycles. The SMILES string of the molecule is COc1cc(Cl)c(C)cc1NC(=O)C(=O)Nc1cc(C)ccc1O. The molecule has 2 rings (SSSR count). The second-order valence-corrected chi connectivity index (χ2v) is 5.64. The van der Waals surface area contributed by atoms with E-state index in [0.29, 0.717) is 16.5 Å². The molecule has 0 fully saturated rings. The lowest BCUT2D eigenvalue weighted by molar-refractivity contribution is -0.133. The highest BCUT2D eigenvalue weighted by atomic mass is 35.5. The van der Waals surface area contributed by atoms with Gasteiger partial charge in [0.15, 0.2) is 0 Å². The number of anilines is 2. The van der Waals surface area contributed by atoms with E-state index in [2.05, 4.69) is 10.6 Å². The van der Waals surface area contributed by atoms with E-state index >= 15 is 0 Å². The maximum absolute atomic E-state index is 12.1. The minimum Gasteiger partial charge on any atom is -0.506 e. The zero-order valence-corrected chi connectivity index (χ0v) is 14.2. The van der Waals surface area contributed by atoms with Crippen LogP contribution in [-0.4, -0.2) is 24.0 Å².